The number of likely N-dealkylation sites (tertiary alicyclic amines) is 1. The second-order valence-electron chi connectivity index (χ2n) is 7.17. The van der Waals surface area contributed by atoms with Gasteiger partial charge in [-0.15, -0.1) is 0 Å². The van der Waals surface area contributed by atoms with E-state index in [4.69, 9.17) is 0 Å². The molecule has 3 rings (SSSR count). The van der Waals surface area contributed by atoms with Crippen molar-refractivity contribution < 1.29 is 17.6 Å². The molecule has 1 fully saturated rings. The van der Waals surface area contributed by atoms with Gasteiger partial charge >= 0.3 is 6.18 Å². The summed E-state index contributed by atoms with van der Waals surface area (Å²) in [5.41, 5.74) is -0.717. The van der Waals surface area contributed by atoms with Gasteiger partial charge in [-0.2, -0.15) is 13.2 Å². The molecular weight excluding hydrogens is 346 g/mol. The highest BCUT2D eigenvalue weighted by molar-refractivity contribution is 5.27. The van der Waals surface area contributed by atoms with Crippen molar-refractivity contribution in [3.63, 3.8) is 0 Å². The normalized spacial score (nSPS) is 19.3. The molecule has 2 heterocycles. The first-order valence-electron chi connectivity index (χ1n) is 8.86. The molecule has 1 unspecified atom stereocenters. The molecule has 1 aromatic heterocycles. The van der Waals surface area contributed by atoms with E-state index in [1.54, 1.807) is 6.20 Å². The third kappa shape index (κ3) is 4.09. The van der Waals surface area contributed by atoms with Gasteiger partial charge in [-0.3, -0.25) is 4.90 Å². The Morgan fingerprint density at radius 2 is 2.04 bits per heavy atom. The Morgan fingerprint density at radius 1 is 1.27 bits per heavy atom. The molecule has 3 nitrogen and oxygen atoms in total. The van der Waals surface area contributed by atoms with E-state index in [1.807, 2.05) is 6.20 Å². The summed E-state index contributed by atoms with van der Waals surface area (Å²) in [7, 11) is 0. The lowest BCUT2D eigenvalue weighted by Gasteiger charge is -2.33. The lowest BCUT2D eigenvalue weighted by Crippen LogP contribution is -2.35. The van der Waals surface area contributed by atoms with Gasteiger partial charge in [-0.25, -0.2) is 9.37 Å². The summed E-state index contributed by atoms with van der Waals surface area (Å²) in [5, 5.41) is 0. The van der Waals surface area contributed by atoms with Gasteiger partial charge < -0.3 is 4.57 Å². The topological polar surface area (TPSA) is 21.1 Å². The zero-order valence-electron chi connectivity index (χ0n) is 14.9. The van der Waals surface area contributed by atoms with E-state index in [1.165, 1.54) is 6.07 Å². The number of imidazole rings is 1. The zero-order chi connectivity index (χ0) is 18.9. The Labute approximate surface area is 150 Å². The maximum atomic E-state index is 13.5. The largest absolute Gasteiger partial charge is 0.419 e. The van der Waals surface area contributed by atoms with Gasteiger partial charge in [0.15, 0.2) is 0 Å². The van der Waals surface area contributed by atoms with E-state index < -0.39 is 17.6 Å². The predicted molar refractivity (Wildman–Crippen MR) is 91.3 cm³/mol. The van der Waals surface area contributed by atoms with E-state index in [-0.39, 0.29) is 5.92 Å². The van der Waals surface area contributed by atoms with Crippen molar-refractivity contribution in [3.8, 4) is 0 Å². The maximum Gasteiger partial charge on any atom is 0.419 e. The van der Waals surface area contributed by atoms with Crippen LogP contribution >= 0.6 is 0 Å². The first-order valence-corrected chi connectivity index (χ1v) is 8.86. The van der Waals surface area contributed by atoms with Crippen LogP contribution in [-0.4, -0.2) is 27.5 Å². The third-order valence-corrected chi connectivity index (χ3v) is 4.87. The zero-order valence-corrected chi connectivity index (χ0v) is 14.9. The highest BCUT2D eigenvalue weighted by Crippen LogP contribution is 2.33. The summed E-state index contributed by atoms with van der Waals surface area (Å²) in [6.07, 6.45) is 1.06. The lowest BCUT2D eigenvalue weighted by atomic mass is 9.96. The molecule has 2 aromatic rings. The van der Waals surface area contributed by atoms with Crippen molar-refractivity contribution >= 4 is 0 Å². The minimum Gasteiger partial charge on any atom is -0.332 e. The van der Waals surface area contributed by atoms with Crippen molar-refractivity contribution in [3.05, 3.63) is 53.4 Å². The van der Waals surface area contributed by atoms with E-state index >= 15 is 0 Å². The lowest BCUT2D eigenvalue weighted by molar-refractivity contribution is -0.140. The first-order chi connectivity index (χ1) is 12.3. The Kier molecular flexibility index (Phi) is 5.37. The van der Waals surface area contributed by atoms with Crippen molar-refractivity contribution in [2.24, 2.45) is 0 Å². The van der Waals surface area contributed by atoms with Crippen molar-refractivity contribution in [1.82, 2.24) is 14.5 Å². The van der Waals surface area contributed by atoms with Gasteiger partial charge in [0, 0.05) is 37.4 Å². The highest BCUT2D eigenvalue weighted by Gasteiger charge is 2.34. The SMILES string of the molecule is CC(C)n1ccnc1C1CCCN(Cc2ccc(F)c(C(F)(F)F)c2)C1. The second-order valence-corrected chi connectivity index (χ2v) is 7.17. The van der Waals surface area contributed by atoms with Crippen LogP contribution in [0.1, 0.15) is 55.6 Å². The Bertz CT molecular complexity index is 751. The van der Waals surface area contributed by atoms with Crippen molar-refractivity contribution in [2.45, 2.75) is 51.4 Å². The predicted octanol–water partition coefficient (Wildman–Crippen LogP) is 5.00. The average Bonchev–Trinajstić information content (AvgIpc) is 3.06. The van der Waals surface area contributed by atoms with Gasteiger partial charge in [0.2, 0.25) is 0 Å². The molecule has 0 saturated carbocycles. The quantitative estimate of drug-likeness (QED) is 0.707. The molecule has 1 atom stereocenters. The molecule has 26 heavy (non-hydrogen) atoms. The highest BCUT2D eigenvalue weighted by atomic mass is 19.4. The van der Waals surface area contributed by atoms with Crippen LogP contribution in [0.4, 0.5) is 17.6 Å². The number of hydrogen-bond acceptors (Lipinski definition) is 2. The third-order valence-electron chi connectivity index (χ3n) is 4.87. The van der Waals surface area contributed by atoms with E-state index in [2.05, 4.69) is 28.3 Å². The van der Waals surface area contributed by atoms with Crippen LogP contribution in [0.3, 0.4) is 0 Å². The van der Waals surface area contributed by atoms with Crippen LogP contribution in [0.25, 0.3) is 0 Å². The Balaban J connectivity index is 1.74. The van der Waals surface area contributed by atoms with Crippen LogP contribution in [0.15, 0.2) is 30.6 Å². The fourth-order valence-corrected chi connectivity index (χ4v) is 3.63. The molecule has 1 saturated heterocycles. The number of rotatable bonds is 4. The first kappa shape index (κ1) is 18.9. The Morgan fingerprint density at radius 3 is 2.73 bits per heavy atom. The Hall–Kier alpha value is -1.89. The summed E-state index contributed by atoms with van der Waals surface area (Å²) < 4.78 is 54.3. The van der Waals surface area contributed by atoms with Gasteiger partial charge in [0.05, 0.1) is 5.56 Å². The second kappa shape index (κ2) is 7.39. The van der Waals surface area contributed by atoms with Crippen LogP contribution < -0.4 is 0 Å². The summed E-state index contributed by atoms with van der Waals surface area (Å²) in [5.74, 6) is 0.0557. The molecule has 1 aliphatic rings. The number of hydrogen-bond donors (Lipinski definition) is 0. The number of aromatic nitrogens is 2. The number of alkyl halides is 3. The van der Waals surface area contributed by atoms with Gasteiger partial charge in [-0.05, 0) is 50.9 Å². The van der Waals surface area contributed by atoms with E-state index in [0.717, 1.165) is 43.9 Å². The standard InChI is InChI=1S/C19H23F4N3/c1-13(2)26-9-7-24-18(26)15-4-3-8-25(12-15)11-14-5-6-17(20)16(10-14)19(21,22)23/h5-7,9-10,13,15H,3-4,8,11-12H2,1-2H3. The van der Waals surface area contributed by atoms with E-state index in [0.29, 0.717) is 18.2 Å². The molecule has 1 aliphatic heterocycles. The van der Waals surface area contributed by atoms with Gasteiger partial charge in [-0.1, -0.05) is 6.07 Å². The van der Waals surface area contributed by atoms with Crippen LogP contribution in [-0.2, 0) is 12.7 Å². The average molecular weight is 369 g/mol. The number of benzene rings is 1. The maximum absolute atomic E-state index is 13.5. The minimum atomic E-state index is -4.67. The molecule has 0 spiro atoms. The molecule has 0 bridgehead atoms. The molecule has 1 aromatic carbocycles. The summed E-state index contributed by atoms with van der Waals surface area (Å²) in [6, 6.07) is 3.58. The number of piperidine rings is 1. The van der Waals surface area contributed by atoms with Crippen LogP contribution in [0.5, 0.6) is 0 Å². The van der Waals surface area contributed by atoms with Crippen molar-refractivity contribution in [2.75, 3.05) is 13.1 Å². The monoisotopic (exact) mass is 369 g/mol. The van der Waals surface area contributed by atoms with E-state index in [9.17, 15) is 17.6 Å². The summed E-state index contributed by atoms with van der Waals surface area (Å²) in [6.45, 7) is 6.13. The smallest absolute Gasteiger partial charge is 0.332 e. The molecule has 142 valence electrons. The van der Waals surface area contributed by atoms with Gasteiger partial charge in [0.25, 0.3) is 0 Å². The minimum absolute atomic E-state index is 0.253. The molecule has 0 amide bonds. The van der Waals surface area contributed by atoms with Crippen LogP contribution in [0.2, 0.25) is 0 Å². The molecule has 0 radical (unpaired) electrons. The molecule has 0 aliphatic carbocycles. The van der Waals surface area contributed by atoms with Crippen LogP contribution in [0, 0.1) is 5.82 Å². The summed E-state index contributed by atoms with van der Waals surface area (Å²) in [4.78, 5) is 6.62. The molecule has 0 N–H and O–H groups in total. The molecular formula is C19H23F4N3. The van der Waals surface area contributed by atoms with Crippen molar-refractivity contribution in [1.29, 1.82) is 0 Å². The fourth-order valence-electron chi connectivity index (χ4n) is 3.63. The number of nitrogens with zero attached hydrogens (tertiary/aromatic N) is 3. The van der Waals surface area contributed by atoms with Gasteiger partial charge in [0.1, 0.15) is 11.6 Å². The number of halogens is 4. The fraction of sp³-hybridized carbons (Fsp3) is 0.526. The molecule has 7 heteroatoms. The summed E-state index contributed by atoms with van der Waals surface area (Å²) >= 11 is 0.